The second-order valence-electron chi connectivity index (χ2n) is 6.11. The van der Waals surface area contributed by atoms with E-state index in [1.807, 2.05) is 0 Å². The van der Waals surface area contributed by atoms with E-state index >= 15 is 0 Å². The molecule has 0 aliphatic carbocycles. The van der Waals surface area contributed by atoms with E-state index in [-0.39, 0.29) is 11.7 Å². The Bertz CT molecular complexity index is 591. The normalized spacial score (nSPS) is 28.1. The number of fused-ring (bicyclic) bond motifs is 2. The summed E-state index contributed by atoms with van der Waals surface area (Å²) in [6.07, 6.45) is 4.32. The van der Waals surface area contributed by atoms with Crippen molar-refractivity contribution < 1.29 is 9.53 Å². The first-order chi connectivity index (χ1) is 10.1. The smallest absolute Gasteiger partial charge is 0.166 e. The summed E-state index contributed by atoms with van der Waals surface area (Å²) in [7, 11) is 3.70. The van der Waals surface area contributed by atoms with Gasteiger partial charge in [-0.25, -0.2) is 0 Å². The molecule has 2 saturated heterocycles. The Labute approximate surface area is 125 Å². The number of carbonyl (C=O) groups excluding carboxylic acids is 1. The SMILES string of the molecule is COc1cc(C(=O)C2CC3CCC(C2)N3C)ccc1C#N. The Morgan fingerprint density at radius 1 is 1.33 bits per heavy atom. The molecule has 0 spiro atoms. The number of nitrogens with zero attached hydrogens (tertiary/aromatic N) is 2. The van der Waals surface area contributed by atoms with E-state index in [2.05, 4.69) is 18.0 Å². The fourth-order valence-electron chi connectivity index (χ4n) is 3.80. The molecule has 0 saturated carbocycles. The van der Waals surface area contributed by atoms with E-state index in [1.165, 1.54) is 20.0 Å². The van der Waals surface area contributed by atoms with Crippen LogP contribution in [0, 0.1) is 17.2 Å². The molecule has 3 rings (SSSR count). The summed E-state index contributed by atoms with van der Waals surface area (Å²) >= 11 is 0. The number of ether oxygens (including phenoxy) is 1. The molecule has 0 amide bonds. The van der Waals surface area contributed by atoms with Crippen molar-refractivity contribution in [1.29, 1.82) is 5.26 Å². The summed E-state index contributed by atoms with van der Waals surface area (Å²) in [5.41, 5.74) is 1.14. The average molecular weight is 284 g/mol. The molecule has 0 radical (unpaired) electrons. The molecule has 0 aromatic heterocycles. The molecule has 2 aliphatic heterocycles. The van der Waals surface area contributed by atoms with Gasteiger partial charge in [0.05, 0.1) is 12.7 Å². The third-order valence-corrected chi connectivity index (χ3v) is 5.08. The summed E-state index contributed by atoms with van der Waals surface area (Å²) in [4.78, 5) is 15.2. The molecule has 2 atom stereocenters. The molecule has 1 aromatic carbocycles. The fraction of sp³-hybridized carbons (Fsp3) is 0.529. The number of methoxy groups -OCH3 is 1. The van der Waals surface area contributed by atoms with Crippen LogP contribution in [0.5, 0.6) is 5.75 Å². The van der Waals surface area contributed by atoms with E-state index < -0.39 is 0 Å². The topological polar surface area (TPSA) is 53.3 Å². The van der Waals surface area contributed by atoms with Crippen molar-refractivity contribution in [3.05, 3.63) is 29.3 Å². The van der Waals surface area contributed by atoms with Gasteiger partial charge in [0, 0.05) is 23.6 Å². The third-order valence-electron chi connectivity index (χ3n) is 5.08. The zero-order valence-electron chi connectivity index (χ0n) is 12.5. The molecule has 21 heavy (non-hydrogen) atoms. The van der Waals surface area contributed by atoms with Crippen LogP contribution in [0.1, 0.15) is 41.6 Å². The predicted molar refractivity (Wildman–Crippen MR) is 79.3 cm³/mol. The number of hydrogen-bond acceptors (Lipinski definition) is 4. The van der Waals surface area contributed by atoms with Crippen LogP contribution in [0.2, 0.25) is 0 Å². The monoisotopic (exact) mass is 284 g/mol. The highest BCUT2D eigenvalue weighted by Gasteiger charge is 2.40. The highest BCUT2D eigenvalue weighted by Crippen LogP contribution is 2.39. The molecular weight excluding hydrogens is 264 g/mol. The van der Waals surface area contributed by atoms with Crippen LogP contribution in [-0.4, -0.2) is 36.9 Å². The van der Waals surface area contributed by atoms with E-state index in [0.717, 1.165) is 12.8 Å². The molecule has 4 nitrogen and oxygen atoms in total. The van der Waals surface area contributed by atoms with Crippen LogP contribution in [0.3, 0.4) is 0 Å². The van der Waals surface area contributed by atoms with E-state index in [9.17, 15) is 4.79 Å². The second-order valence-corrected chi connectivity index (χ2v) is 6.11. The molecular formula is C17H20N2O2. The maximum Gasteiger partial charge on any atom is 0.166 e. The average Bonchev–Trinajstić information content (AvgIpc) is 2.75. The fourth-order valence-corrected chi connectivity index (χ4v) is 3.80. The van der Waals surface area contributed by atoms with Gasteiger partial charge in [-0.15, -0.1) is 0 Å². The molecule has 0 N–H and O–H groups in total. The van der Waals surface area contributed by atoms with Crippen LogP contribution < -0.4 is 4.74 Å². The Kier molecular flexibility index (Phi) is 3.69. The highest BCUT2D eigenvalue weighted by molar-refractivity contribution is 5.98. The van der Waals surface area contributed by atoms with Crippen LogP contribution in [0.25, 0.3) is 0 Å². The van der Waals surface area contributed by atoms with Crippen molar-refractivity contribution in [2.45, 2.75) is 37.8 Å². The molecule has 4 heteroatoms. The number of nitriles is 1. The minimum absolute atomic E-state index is 0.108. The van der Waals surface area contributed by atoms with E-state index in [4.69, 9.17) is 10.00 Å². The second kappa shape index (κ2) is 5.50. The van der Waals surface area contributed by atoms with Crippen LogP contribution in [0.4, 0.5) is 0 Å². The summed E-state index contributed by atoms with van der Waals surface area (Å²) in [5.74, 6) is 0.790. The number of piperidine rings is 1. The first-order valence-corrected chi connectivity index (χ1v) is 7.48. The summed E-state index contributed by atoms with van der Waals surface area (Å²) in [6, 6.07) is 8.33. The largest absolute Gasteiger partial charge is 0.495 e. The quantitative estimate of drug-likeness (QED) is 0.801. The zero-order valence-corrected chi connectivity index (χ0v) is 12.5. The Morgan fingerprint density at radius 2 is 2.00 bits per heavy atom. The van der Waals surface area contributed by atoms with Crippen LogP contribution in [-0.2, 0) is 0 Å². The maximum absolute atomic E-state index is 12.7. The number of Topliss-reactive ketones (excluding diaryl/α,β-unsaturated/α-hetero) is 1. The molecule has 1 aromatic rings. The van der Waals surface area contributed by atoms with Gasteiger partial charge in [0.2, 0.25) is 0 Å². The van der Waals surface area contributed by atoms with Gasteiger partial charge in [-0.3, -0.25) is 4.79 Å². The lowest BCUT2D eigenvalue weighted by molar-refractivity contribution is 0.0767. The Balaban J connectivity index is 1.82. The standard InChI is InChI=1S/C17H20N2O2/c1-19-14-5-6-15(19)8-13(7-14)17(20)11-3-4-12(10-18)16(9-11)21-2/h3-4,9,13-15H,5-8H2,1-2H3. The minimum atomic E-state index is 0.108. The van der Waals surface area contributed by atoms with Crippen LogP contribution >= 0.6 is 0 Å². The number of rotatable bonds is 3. The van der Waals surface area contributed by atoms with E-state index in [0.29, 0.717) is 29.0 Å². The zero-order chi connectivity index (χ0) is 15.0. The van der Waals surface area contributed by atoms with Gasteiger partial charge in [-0.1, -0.05) is 0 Å². The Morgan fingerprint density at radius 3 is 2.57 bits per heavy atom. The summed E-state index contributed by atoms with van der Waals surface area (Å²) < 4.78 is 5.20. The molecule has 110 valence electrons. The van der Waals surface area contributed by atoms with Gasteiger partial charge in [0.15, 0.2) is 5.78 Å². The van der Waals surface area contributed by atoms with Crippen LogP contribution in [0.15, 0.2) is 18.2 Å². The first-order valence-electron chi connectivity index (χ1n) is 7.48. The van der Waals surface area contributed by atoms with Gasteiger partial charge >= 0.3 is 0 Å². The number of carbonyl (C=O) groups is 1. The van der Waals surface area contributed by atoms with Gasteiger partial charge in [0.25, 0.3) is 0 Å². The summed E-state index contributed by atoms with van der Waals surface area (Å²) in [6.45, 7) is 0. The van der Waals surface area contributed by atoms with Gasteiger partial charge < -0.3 is 9.64 Å². The number of benzene rings is 1. The lowest BCUT2D eigenvalue weighted by atomic mass is 9.85. The molecule has 2 fully saturated rings. The maximum atomic E-state index is 12.7. The van der Waals surface area contributed by atoms with Crippen molar-refractivity contribution in [2.75, 3.05) is 14.2 Å². The van der Waals surface area contributed by atoms with Crippen molar-refractivity contribution in [1.82, 2.24) is 4.90 Å². The molecule has 2 heterocycles. The third kappa shape index (κ3) is 2.43. The van der Waals surface area contributed by atoms with E-state index in [1.54, 1.807) is 18.2 Å². The Hall–Kier alpha value is -1.86. The van der Waals surface area contributed by atoms with Crippen molar-refractivity contribution in [3.8, 4) is 11.8 Å². The van der Waals surface area contributed by atoms with Gasteiger partial charge in [0.1, 0.15) is 11.8 Å². The lowest BCUT2D eigenvalue weighted by Gasteiger charge is -2.35. The van der Waals surface area contributed by atoms with Crippen molar-refractivity contribution >= 4 is 5.78 Å². The number of ketones is 1. The lowest BCUT2D eigenvalue weighted by Crippen LogP contribution is -2.42. The molecule has 2 aliphatic rings. The number of hydrogen-bond donors (Lipinski definition) is 0. The van der Waals surface area contributed by atoms with Crippen molar-refractivity contribution in [3.63, 3.8) is 0 Å². The van der Waals surface area contributed by atoms with Gasteiger partial charge in [-0.05, 0) is 50.9 Å². The summed E-state index contributed by atoms with van der Waals surface area (Å²) in [5, 5.41) is 9.01. The van der Waals surface area contributed by atoms with Gasteiger partial charge in [-0.2, -0.15) is 5.26 Å². The molecule has 2 bridgehead atoms. The minimum Gasteiger partial charge on any atom is -0.495 e. The predicted octanol–water partition coefficient (Wildman–Crippen LogP) is 2.62. The first kappa shape index (κ1) is 14.1. The van der Waals surface area contributed by atoms with Crippen molar-refractivity contribution in [2.24, 2.45) is 5.92 Å². The molecule has 2 unspecified atom stereocenters. The highest BCUT2D eigenvalue weighted by atomic mass is 16.5.